The fourth-order valence-corrected chi connectivity index (χ4v) is 3.63. The molecule has 2 aromatic rings. The molecule has 0 saturated heterocycles. The summed E-state index contributed by atoms with van der Waals surface area (Å²) in [6, 6.07) is 10.9. The van der Waals surface area contributed by atoms with Crippen LogP contribution in [0.15, 0.2) is 42.1 Å². The fraction of sp³-hybridized carbons (Fsp3) is 0.360. The number of methoxy groups -OCH3 is 2. The molecule has 0 radical (unpaired) electrons. The van der Waals surface area contributed by atoms with Crippen LogP contribution in [0.4, 0.5) is 5.69 Å². The molecule has 0 aromatic heterocycles. The smallest absolute Gasteiger partial charge is 0.224 e. The van der Waals surface area contributed by atoms with Crippen LogP contribution in [0.5, 0.6) is 11.5 Å². The van der Waals surface area contributed by atoms with Crippen LogP contribution in [-0.4, -0.2) is 44.4 Å². The van der Waals surface area contributed by atoms with Crippen LogP contribution in [0.2, 0.25) is 0 Å². The van der Waals surface area contributed by atoms with Crippen LogP contribution >= 0.6 is 0 Å². The molecule has 0 fully saturated rings. The number of nitrogens with one attached hydrogen (secondary N) is 1. The number of carbonyl (C=O) groups is 2. The quantitative estimate of drug-likeness (QED) is 0.670. The Morgan fingerprint density at radius 1 is 1.06 bits per heavy atom. The van der Waals surface area contributed by atoms with E-state index in [0.29, 0.717) is 47.3 Å². The number of fused-ring (bicyclic) bond motifs is 1. The Labute approximate surface area is 183 Å². The largest absolute Gasteiger partial charge is 0.493 e. The molecule has 2 aromatic carbocycles. The molecule has 164 valence electrons. The number of benzene rings is 2. The first-order valence-corrected chi connectivity index (χ1v) is 10.4. The predicted molar refractivity (Wildman–Crippen MR) is 123 cm³/mol. The normalized spacial score (nSPS) is 13.2. The zero-order valence-electron chi connectivity index (χ0n) is 18.8. The van der Waals surface area contributed by atoms with Crippen LogP contribution in [0.25, 0.3) is 6.08 Å². The minimum Gasteiger partial charge on any atom is -0.493 e. The number of rotatable bonds is 7. The number of Topliss-reactive ketones (excluding diaryl/α,β-unsaturated/α-hetero) is 1. The van der Waals surface area contributed by atoms with Crippen LogP contribution in [-0.2, 0) is 11.2 Å². The Morgan fingerprint density at radius 2 is 1.71 bits per heavy atom. The van der Waals surface area contributed by atoms with Gasteiger partial charge in [-0.25, -0.2) is 0 Å². The number of hydrogen-bond donors (Lipinski definition) is 1. The van der Waals surface area contributed by atoms with E-state index in [4.69, 9.17) is 9.47 Å². The van der Waals surface area contributed by atoms with E-state index in [0.717, 1.165) is 17.5 Å². The zero-order valence-corrected chi connectivity index (χ0v) is 18.8. The van der Waals surface area contributed by atoms with Crippen molar-refractivity contribution in [1.29, 1.82) is 0 Å². The van der Waals surface area contributed by atoms with Gasteiger partial charge in [-0.15, -0.1) is 0 Å². The predicted octanol–water partition coefficient (Wildman–Crippen LogP) is 4.40. The maximum absolute atomic E-state index is 13.3. The van der Waals surface area contributed by atoms with Gasteiger partial charge in [0.2, 0.25) is 11.7 Å². The van der Waals surface area contributed by atoms with E-state index >= 15 is 0 Å². The Balaban J connectivity index is 1.86. The highest BCUT2D eigenvalue weighted by Gasteiger charge is 2.22. The van der Waals surface area contributed by atoms with Gasteiger partial charge in [0, 0.05) is 31.3 Å². The van der Waals surface area contributed by atoms with Crippen molar-refractivity contribution in [2.75, 3.05) is 33.1 Å². The maximum atomic E-state index is 13.3. The Morgan fingerprint density at radius 3 is 2.32 bits per heavy atom. The maximum Gasteiger partial charge on any atom is 0.224 e. The average molecular weight is 423 g/mol. The second-order valence-corrected chi connectivity index (χ2v) is 8.16. The van der Waals surface area contributed by atoms with E-state index in [-0.39, 0.29) is 11.7 Å². The standard InChI is InChI=1S/C25H30N2O4/c1-16(2)12-24(28)26-20-8-6-17(7-9-20)25(29)21-13-19-15-23(31-5)22(30-4)14-18(19)10-11-27(21)3/h6-9,13-16H,10-12H2,1-5H3,(H,26,28). The molecular weight excluding hydrogens is 392 g/mol. The van der Waals surface area contributed by atoms with Gasteiger partial charge in [0.05, 0.1) is 19.9 Å². The van der Waals surface area contributed by atoms with Gasteiger partial charge in [0.1, 0.15) is 0 Å². The van der Waals surface area contributed by atoms with Crippen LogP contribution in [0.1, 0.15) is 41.8 Å². The number of carbonyl (C=O) groups excluding carboxylic acids is 2. The number of amides is 1. The Bertz CT molecular complexity index is 993. The summed E-state index contributed by atoms with van der Waals surface area (Å²) in [6.45, 7) is 4.72. The second-order valence-electron chi connectivity index (χ2n) is 8.16. The lowest BCUT2D eigenvalue weighted by atomic mass is 10.0. The molecule has 31 heavy (non-hydrogen) atoms. The molecule has 0 aliphatic carbocycles. The first-order chi connectivity index (χ1) is 14.8. The molecule has 0 atom stereocenters. The molecule has 0 spiro atoms. The van der Waals surface area contributed by atoms with Crippen molar-refractivity contribution in [3.05, 3.63) is 58.8 Å². The summed E-state index contributed by atoms with van der Waals surface area (Å²) < 4.78 is 10.8. The van der Waals surface area contributed by atoms with Crippen LogP contribution in [0.3, 0.4) is 0 Å². The number of ketones is 1. The summed E-state index contributed by atoms with van der Waals surface area (Å²) in [6.07, 6.45) is 3.16. The van der Waals surface area contributed by atoms with E-state index in [1.807, 2.05) is 44.0 Å². The molecule has 1 amide bonds. The number of nitrogens with zero attached hydrogens (tertiary/aromatic N) is 1. The number of anilines is 1. The van der Waals surface area contributed by atoms with Crippen molar-refractivity contribution < 1.29 is 19.1 Å². The highest BCUT2D eigenvalue weighted by Crippen LogP contribution is 2.34. The summed E-state index contributed by atoms with van der Waals surface area (Å²) in [5.74, 6) is 1.52. The molecule has 6 nitrogen and oxygen atoms in total. The Hall–Kier alpha value is -3.28. The third-order valence-corrected chi connectivity index (χ3v) is 5.32. The van der Waals surface area contributed by atoms with Gasteiger partial charge >= 0.3 is 0 Å². The Kier molecular flexibility index (Phi) is 7.00. The third-order valence-electron chi connectivity index (χ3n) is 5.32. The number of allylic oxidation sites excluding steroid dienone is 1. The van der Waals surface area contributed by atoms with Gasteiger partial charge in [-0.05, 0) is 65.9 Å². The monoisotopic (exact) mass is 422 g/mol. The second kappa shape index (κ2) is 9.69. The van der Waals surface area contributed by atoms with Crippen molar-refractivity contribution in [3.8, 4) is 11.5 Å². The van der Waals surface area contributed by atoms with Gasteiger partial charge in [0.15, 0.2) is 11.5 Å². The van der Waals surface area contributed by atoms with Gasteiger partial charge < -0.3 is 19.7 Å². The first kappa shape index (κ1) is 22.4. The molecule has 0 bridgehead atoms. The topological polar surface area (TPSA) is 67.9 Å². The molecule has 0 saturated carbocycles. The number of ether oxygens (including phenoxy) is 2. The van der Waals surface area contributed by atoms with E-state index in [1.54, 1.807) is 38.5 Å². The summed E-state index contributed by atoms with van der Waals surface area (Å²) in [5.41, 5.74) is 3.93. The molecular formula is C25H30N2O4. The highest BCUT2D eigenvalue weighted by atomic mass is 16.5. The molecule has 1 N–H and O–H groups in total. The summed E-state index contributed by atoms with van der Waals surface area (Å²) >= 11 is 0. The third kappa shape index (κ3) is 5.26. The van der Waals surface area contributed by atoms with Gasteiger partial charge in [-0.2, -0.15) is 0 Å². The number of hydrogen-bond acceptors (Lipinski definition) is 5. The molecule has 1 heterocycles. The SMILES string of the molecule is COc1cc2c(cc1OC)CCN(C)C(C(=O)c1ccc(NC(=O)CC(C)C)cc1)=C2. The molecule has 0 unspecified atom stereocenters. The minimum atomic E-state index is -0.0646. The van der Waals surface area contributed by atoms with E-state index in [1.165, 1.54) is 0 Å². The summed E-state index contributed by atoms with van der Waals surface area (Å²) in [5, 5.41) is 2.87. The lowest BCUT2D eigenvalue weighted by Gasteiger charge is -2.20. The van der Waals surface area contributed by atoms with Gasteiger partial charge in [-0.1, -0.05) is 13.8 Å². The highest BCUT2D eigenvalue weighted by molar-refractivity contribution is 6.11. The minimum absolute atomic E-state index is 0.0266. The van der Waals surface area contributed by atoms with Gasteiger partial charge in [0.25, 0.3) is 0 Å². The van der Waals surface area contributed by atoms with E-state index < -0.39 is 0 Å². The van der Waals surface area contributed by atoms with Gasteiger partial charge in [-0.3, -0.25) is 9.59 Å². The summed E-state index contributed by atoms with van der Waals surface area (Å²) in [4.78, 5) is 27.2. The van der Waals surface area contributed by atoms with Crippen molar-refractivity contribution >= 4 is 23.5 Å². The summed E-state index contributed by atoms with van der Waals surface area (Å²) in [7, 11) is 5.14. The van der Waals surface area contributed by atoms with Crippen molar-refractivity contribution in [3.63, 3.8) is 0 Å². The van der Waals surface area contributed by atoms with Crippen molar-refractivity contribution in [2.45, 2.75) is 26.7 Å². The lowest BCUT2D eigenvalue weighted by Crippen LogP contribution is -2.24. The molecule has 3 rings (SSSR count). The molecule has 6 heteroatoms. The van der Waals surface area contributed by atoms with Crippen LogP contribution < -0.4 is 14.8 Å². The zero-order chi connectivity index (χ0) is 22.5. The van der Waals surface area contributed by atoms with E-state index in [9.17, 15) is 9.59 Å². The molecule has 1 aliphatic heterocycles. The fourth-order valence-electron chi connectivity index (χ4n) is 3.63. The first-order valence-electron chi connectivity index (χ1n) is 10.4. The number of likely N-dealkylation sites (N-methyl/N-ethyl adjacent to an activating group) is 1. The van der Waals surface area contributed by atoms with E-state index in [2.05, 4.69) is 5.32 Å². The van der Waals surface area contributed by atoms with Crippen molar-refractivity contribution in [1.82, 2.24) is 4.90 Å². The average Bonchev–Trinajstić information content (AvgIpc) is 2.90. The molecule has 1 aliphatic rings. The van der Waals surface area contributed by atoms with Crippen molar-refractivity contribution in [2.24, 2.45) is 5.92 Å². The lowest BCUT2D eigenvalue weighted by molar-refractivity contribution is -0.116. The van der Waals surface area contributed by atoms with Crippen LogP contribution in [0, 0.1) is 5.92 Å².